The van der Waals surface area contributed by atoms with E-state index in [1.165, 1.54) is 36.0 Å². The number of benzene rings is 1. The van der Waals surface area contributed by atoms with Crippen molar-refractivity contribution in [2.45, 2.75) is 43.4 Å². The van der Waals surface area contributed by atoms with Gasteiger partial charge in [-0.3, -0.25) is 19.2 Å². The number of hydrogen-bond donors (Lipinski definition) is 8. The number of primary amides is 1. The summed E-state index contributed by atoms with van der Waals surface area (Å²) in [5.74, 6) is -4.06. The van der Waals surface area contributed by atoms with E-state index in [1.54, 1.807) is 0 Å². The number of aliphatic carboxylic acids is 1. The van der Waals surface area contributed by atoms with Gasteiger partial charge in [0.15, 0.2) is 0 Å². The Morgan fingerprint density at radius 3 is 2.03 bits per heavy atom. The van der Waals surface area contributed by atoms with E-state index >= 15 is 0 Å². The number of aromatic hydroxyl groups is 1. The van der Waals surface area contributed by atoms with Crippen LogP contribution in [0, 0.1) is 0 Å². The van der Waals surface area contributed by atoms with Crippen LogP contribution in [0.15, 0.2) is 24.3 Å². The lowest BCUT2D eigenvalue weighted by Crippen LogP contribution is -2.58. The molecule has 194 valence electrons. The lowest BCUT2D eigenvalue weighted by molar-refractivity contribution is -0.143. The third-order valence-electron chi connectivity index (χ3n) is 4.81. The fraction of sp³-hybridized carbons (Fsp3) is 0.476. The molecular weight excluding hydrogens is 498 g/mol. The highest BCUT2D eigenvalue weighted by Crippen LogP contribution is 2.12. The van der Waals surface area contributed by atoms with E-state index in [0.29, 0.717) is 17.7 Å². The highest BCUT2D eigenvalue weighted by Gasteiger charge is 2.30. The summed E-state index contributed by atoms with van der Waals surface area (Å²) >= 11 is 5.61. The molecule has 0 bridgehead atoms. The van der Waals surface area contributed by atoms with E-state index in [9.17, 15) is 34.2 Å². The number of thioether (sulfide) groups is 1. The van der Waals surface area contributed by atoms with Crippen LogP contribution in [0.4, 0.5) is 0 Å². The molecule has 0 heterocycles. The van der Waals surface area contributed by atoms with E-state index in [0.717, 1.165) is 0 Å². The Morgan fingerprint density at radius 2 is 1.51 bits per heavy atom. The number of phenolic OH excluding ortho intramolecular Hbond substituents is 1. The molecule has 0 spiro atoms. The van der Waals surface area contributed by atoms with E-state index in [1.807, 2.05) is 6.26 Å². The van der Waals surface area contributed by atoms with Gasteiger partial charge in [0.25, 0.3) is 0 Å². The average Bonchev–Trinajstić information content (AvgIpc) is 2.80. The van der Waals surface area contributed by atoms with Gasteiger partial charge in [-0.05, 0) is 36.1 Å². The van der Waals surface area contributed by atoms with Gasteiger partial charge in [0, 0.05) is 12.2 Å². The number of carbonyl (C=O) groups is 5. The van der Waals surface area contributed by atoms with Gasteiger partial charge in [-0.2, -0.15) is 24.4 Å². The fourth-order valence-corrected chi connectivity index (χ4v) is 3.62. The molecule has 1 aromatic carbocycles. The van der Waals surface area contributed by atoms with Crippen molar-refractivity contribution < 1.29 is 34.2 Å². The third kappa shape index (κ3) is 10.9. The van der Waals surface area contributed by atoms with Crippen molar-refractivity contribution in [3.8, 4) is 5.75 Å². The number of carboxylic acid groups (broad SMARTS) is 1. The number of hydrogen-bond acceptors (Lipinski definition) is 9. The minimum atomic E-state index is -1.60. The summed E-state index contributed by atoms with van der Waals surface area (Å²) in [5, 5.41) is 25.9. The van der Waals surface area contributed by atoms with Crippen LogP contribution in [-0.2, 0) is 30.4 Å². The number of carboxylic acids is 1. The van der Waals surface area contributed by atoms with Gasteiger partial charge in [0.2, 0.25) is 23.6 Å². The minimum Gasteiger partial charge on any atom is -0.508 e. The number of thiol groups is 1. The summed E-state index contributed by atoms with van der Waals surface area (Å²) in [6, 6.07) is 0.949. The van der Waals surface area contributed by atoms with Gasteiger partial charge in [0.1, 0.15) is 23.9 Å². The molecule has 0 saturated heterocycles. The van der Waals surface area contributed by atoms with Crippen LogP contribution in [-0.4, -0.2) is 81.7 Å². The van der Waals surface area contributed by atoms with Crippen LogP contribution in [0.5, 0.6) is 5.75 Å². The molecule has 0 aliphatic carbocycles. The number of phenols is 1. The molecular formula is C21H31N5O7S2. The van der Waals surface area contributed by atoms with E-state index in [4.69, 9.17) is 11.5 Å². The maximum atomic E-state index is 12.9. The monoisotopic (exact) mass is 529 g/mol. The van der Waals surface area contributed by atoms with Crippen LogP contribution in [0.1, 0.15) is 18.4 Å². The molecule has 0 aromatic heterocycles. The Kier molecular flexibility index (Phi) is 13.0. The molecule has 9 N–H and O–H groups in total. The molecule has 0 fully saturated rings. The summed E-state index contributed by atoms with van der Waals surface area (Å²) in [4.78, 5) is 60.7. The maximum Gasteiger partial charge on any atom is 0.326 e. The molecule has 0 aliphatic heterocycles. The van der Waals surface area contributed by atoms with Crippen molar-refractivity contribution >= 4 is 54.0 Å². The van der Waals surface area contributed by atoms with Crippen molar-refractivity contribution in [2.24, 2.45) is 11.5 Å². The van der Waals surface area contributed by atoms with Gasteiger partial charge in [-0.15, -0.1) is 0 Å². The van der Waals surface area contributed by atoms with Crippen LogP contribution in [0.3, 0.4) is 0 Å². The predicted molar refractivity (Wildman–Crippen MR) is 134 cm³/mol. The number of rotatable bonds is 15. The average molecular weight is 530 g/mol. The molecule has 12 nitrogen and oxygen atoms in total. The zero-order chi connectivity index (χ0) is 26.5. The fourth-order valence-electron chi connectivity index (χ4n) is 2.87. The largest absolute Gasteiger partial charge is 0.508 e. The third-order valence-corrected chi connectivity index (χ3v) is 5.82. The Bertz CT molecular complexity index is 901. The second kappa shape index (κ2) is 15.1. The first-order chi connectivity index (χ1) is 16.5. The van der Waals surface area contributed by atoms with Crippen molar-refractivity contribution in [2.75, 3.05) is 17.8 Å². The molecule has 35 heavy (non-hydrogen) atoms. The topological polar surface area (TPSA) is 214 Å². The summed E-state index contributed by atoms with van der Waals surface area (Å²) in [6.45, 7) is 0. The molecule has 0 saturated carbocycles. The Morgan fingerprint density at radius 1 is 0.971 bits per heavy atom. The maximum absolute atomic E-state index is 12.9. The Hall–Kier alpha value is -2.97. The van der Waals surface area contributed by atoms with Crippen molar-refractivity contribution in [3.63, 3.8) is 0 Å². The second-order valence-electron chi connectivity index (χ2n) is 7.63. The zero-order valence-electron chi connectivity index (χ0n) is 19.1. The molecule has 4 amide bonds. The molecule has 14 heteroatoms. The van der Waals surface area contributed by atoms with E-state index in [2.05, 4.69) is 28.6 Å². The zero-order valence-corrected chi connectivity index (χ0v) is 20.8. The van der Waals surface area contributed by atoms with Crippen LogP contribution < -0.4 is 27.4 Å². The summed E-state index contributed by atoms with van der Waals surface area (Å²) in [5.41, 5.74) is 11.4. The highest BCUT2D eigenvalue weighted by atomic mass is 32.2. The van der Waals surface area contributed by atoms with Gasteiger partial charge >= 0.3 is 5.97 Å². The quantitative estimate of drug-likeness (QED) is 0.122. The van der Waals surface area contributed by atoms with E-state index < -0.39 is 60.2 Å². The Balaban J connectivity index is 3.03. The smallest absolute Gasteiger partial charge is 0.326 e. The lowest BCUT2D eigenvalue weighted by atomic mass is 10.0. The number of nitrogens with two attached hydrogens (primary N) is 2. The summed E-state index contributed by atoms with van der Waals surface area (Å²) in [6.07, 6.45) is 1.54. The van der Waals surface area contributed by atoms with Crippen LogP contribution >= 0.6 is 24.4 Å². The van der Waals surface area contributed by atoms with Crippen LogP contribution in [0.2, 0.25) is 0 Å². The first-order valence-electron chi connectivity index (χ1n) is 10.5. The first-order valence-corrected chi connectivity index (χ1v) is 12.6. The Labute approximate surface area is 212 Å². The molecule has 4 atom stereocenters. The number of nitrogens with one attached hydrogen (secondary N) is 3. The summed E-state index contributed by atoms with van der Waals surface area (Å²) < 4.78 is 0. The van der Waals surface area contributed by atoms with Gasteiger partial charge in [-0.1, -0.05) is 12.1 Å². The molecule has 1 rings (SSSR count). The number of amides is 4. The van der Waals surface area contributed by atoms with Crippen molar-refractivity contribution in [1.29, 1.82) is 0 Å². The highest BCUT2D eigenvalue weighted by molar-refractivity contribution is 7.98. The summed E-state index contributed by atoms with van der Waals surface area (Å²) in [7, 11) is 0. The van der Waals surface area contributed by atoms with Gasteiger partial charge < -0.3 is 37.6 Å². The first kappa shape index (κ1) is 30.1. The van der Waals surface area contributed by atoms with Crippen LogP contribution in [0.25, 0.3) is 0 Å². The normalized spacial score (nSPS) is 14.1. The minimum absolute atomic E-state index is 0.0122. The second-order valence-corrected chi connectivity index (χ2v) is 8.98. The number of carbonyl (C=O) groups excluding carboxylic acids is 4. The molecule has 4 unspecified atom stereocenters. The van der Waals surface area contributed by atoms with E-state index in [-0.39, 0.29) is 17.9 Å². The molecule has 0 radical (unpaired) electrons. The van der Waals surface area contributed by atoms with Crippen molar-refractivity contribution in [3.05, 3.63) is 29.8 Å². The predicted octanol–water partition coefficient (Wildman–Crippen LogP) is -1.64. The molecule has 0 aliphatic rings. The van der Waals surface area contributed by atoms with Gasteiger partial charge in [0.05, 0.1) is 12.5 Å². The molecule has 1 aromatic rings. The lowest BCUT2D eigenvalue weighted by Gasteiger charge is -2.24. The SMILES string of the molecule is CSCCC(N)C(=O)NC(CS)C(=O)NC(Cc1ccc(O)cc1)C(=O)NC(CC(N)=O)C(=O)O. The van der Waals surface area contributed by atoms with Gasteiger partial charge in [-0.25, -0.2) is 4.79 Å². The standard InChI is InChI=1S/C21H31N5O7S2/c1-35-7-6-13(22)18(29)26-16(10-34)20(31)24-14(8-11-2-4-12(27)5-3-11)19(30)25-15(21(32)33)9-17(23)28/h2-5,13-16,27,34H,6-10,22H2,1H3,(H2,23,28)(H,24,31)(H,25,30)(H,26,29)(H,32,33). The van der Waals surface area contributed by atoms with Crippen molar-refractivity contribution in [1.82, 2.24) is 16.0 Å².